The Morgan fingerprint density at radius 1 is 0.241 bits per heavy atom. The molecule has 9 rings (SSSR count). The summed E-state index contributed by atoms with van der Waals surface area (Å²) in [6.07, 6.45) is 1.21. The van der Waals surface area contributed by atoms with Crippen molar-refractivity contribution >= 4 is 0 Å². The predicted molar refractivity (Wildman–Crippen MR) is 336 cm³/mol. The molecule has 8 N–H and O–H groups in total. The van der Waals surface area contributed by atoms with Gasteiger partial charge in [0, 0.05) is 72.6 Å². The van der Waals surface area contributed by atoms with Crippen molar-refractivity contribution in [1.82, 2.24) is 0 Å². The normalized spacial score (nSPS) is 15.3. The van der Waals surface area contributed by atoms with Crippen LogP contribution in [0.5, 0.6) is 46.0 Å². The minimum atomic E-state index is -0.525. The monoisotopic (exact) mass is 1110 g/mol. The van der Waals surface area contributed by atoms with Gasteiger partial charge >= 0.3 is 0 Å². The van der Waals surface area contributed by atoms with E-state index in [-0.39, 0.29) is 89.9 Å². The Morgan fingerprint density at radius 3 is 0.566 bits per heavy atom. The van der Waals surface area contributed by atoms with Crippen LogP contribution in [0.1, 0.15) is 208 Å². The molecule has 0 amide bonds. The van der Waals surface area contributed by atoms with Gasteiger partial charge in [0.15, 0.2) is 0 Å². The molecule has 8 nitrogen and oxygen atoms in total. The van der Waals surface area contributed by atoms with Gasteiger partial charge in [0.1, 0.15) is 46.0 Å². The molecular formula is C75H86O8. The molecule has 83 heavy (non-hydrogen) atoms. The number of rotatable bonds is 0. The lowest BCUT2D eigenvalue weighted by molar-refractivity contribution is 0.336. The minimum absolute atomic E-state index is 0.0675. The zero-order valence-electron chi connectivity index (χ0n) is 51.7. The lowest BCUT2D eigenvalue weighted by atomic mass is 9.70. The average molecular weight is 1120 g/mol. The fourth-order valence-electron chi connectivity index (χ4n) is 13.5. The number of fused-ring (bicyclic) bond motifs is 16. The van der Waals surface area contributed by atoms with E-state index in [2.05, 4.69) is 62.3 Å². The smallest absolute Gasteiger partial charge is 0.122 e. The van der Waals surface area contributed by atoms with E-state index in [9.17, 15) is 40.9 Å². The molecule has 2 atom stereocenters. The van der Waals surface area contributed by atoms with Crippen LogP contribution >= 0.6 is 0 Å². The van der Waals surface area contributed by atoms with Gasteiger partial charge in [-0.15, -0.1) is 0 Å². The molecule has 8 heteroatoms. The Kier molecular flexibility index (Phi) is 15.9. The first-order valence-electron chi connectivity index (χ1n) is 29.3. The van der Waals surface area contributed by atoms with Gasteiger partial charge in [0.2, 0.25) is 0 Å². The molecule has 1 aliphatic carbocycles. The second-order valence-corrected chi connectivity index (χ2v) is 27.8. The maximum Gasteiger partial charge on any atom is 0.122 e. The second-order valence-electron chi connectivity index (χ2n) is 27.8. The van der Waals surface area contributed by atoms with Crippen molar-refractivity contribution in [1.29, 1.82) is 0 Å². The van der Waals surface area contributed by atoms with E-state index in [0.717, 1.165) is 44.5 Å². The third-order valence-corrected chi connectivity index (χ3v) is 17.1. The minimum Gasteiger partial charge on any atom is -0.507 e. The van der Waals surface area contributed by atoms with Crippen LogP contribution in [0.2, 0.25) is 0 Å². The molecule has 0 radical (unpaired) electrons. The van der Waals surface area contributed by atoms with E-state index in [1.165, 1.54) is 0 Å². The zero-order chi connectivity index (χ0) is 60.7. The van der Waals surface area contributed by atoms with Crippen molar-refractivity contribution < 1.29 is 40.9 Å². The van der Waals surface area contributed by atoms with E-state index < -0.39 is 22.7 Å². The maximum atomic E-state index is 12.6. The van der Waals surface area contributed by atoms with Gasteiger partial charge in [-0.25, -0.2) is 0 Å². The number of aryl methyl sites for hydroxylation is 7. The molecular weight excluding hydrogens is 1030 g/mol. The van der Waals surface area contributed by atoms with Crippen molar-refractivity contribution in [2.24, 2.45) is 10.8 Å². The van der Waals surface area contributed by atoms with E-state index in [1.54, 1.807) is 0 Å². The summed E-state index contributed by atoms with van der Waals surface area (Å²) in [5, 5.41) is 99.8. The van der Waals surface area contributed by atoms with Crippen molar-refractivity contribution in [3.05, 3.63) is 231 Å². The predicted octanol–water partition coefficient (Wildman–Crippen LogP) is 17.0. The van der Waals surface area contributed by atoms with Gasteiger partial charge in [-0.3, -0.25) is 0 Å². The lowest BCUT2D eigenvalue weighted by Gasteiger charge is -2.34. The molecule has 0 aliphatic heterocycles. The van der Waals surface area contributed by atoms with E-state index >= 15 is 0 Å². The maximum absolute atomic E-state index is 12.6. The van der Waals surface area contributed by atoms with Crippen LogP contribution in [0, 0.1) is 59.3 Å². The second kappa shape index (κ2) is 22.1. The van der Waals surface area contributed by atoms with Crippen LogP contribution in [0.15, 0.2) is 97.1 Å². The van der Waals surface area contributed by atoms with E-state index in [4.69, 9.17) is 0 Å². The van der Waals surface area contributed by atoms with Crippen LogP contribution in [0.3, 0.4) is 0 Å². The summed E-state index contributed by atoms with van der Waals surface area (Å²) < 4.78 is 0. The Labute approximate surface area is 492 Å². The van der Waals surface area contributed by atoms with Crippen LogP contribution in [-0.4, -0.2) is 40.9 Å². The highest BCUT2D eigenvalue weighted by atomic mass is 16.3. The topological polar surface area (TPSA) is 162 Å². The van der Waals surface area contributed by atoms with E-state index in [0.29, 0.717) is 89.0 Å². The Balaban J connectivity index is 1.28. The number of hydrogen-bond acceptors (Lipinski definition) is 8. The summed E-state index contributed by atoms with van der Waals surface area (Å²) in [7, 11) is 0. The SMILES string of the molecule is Cc1cc2c(O)c(c1)Cc1cc(C)cc(c1O)C(C(C)(C)C)c1cc(C)cc(c1O)Cc1cc(C)cc(c1O)Cc1cc(C)cc(c1O)C(C(C)(C)C)c1cc(C)cc(c1O)Cc1cc(C)cc(c1O)Cc1cc(C(C)(C)C)cc(c1O)C2. The highest BCUT2D eigenvalue weighted by Gasteiger charge is 2.36. The highest BCUT2D eigenvalue weighted by molar-refractivity contribution is 5.62. The molecule has 2 unspecified atom stereocenters. The third kappa shape index (κ3) is 12.2. The van der Waals surface area contributed by atoms with Crippen molar-refractivity contribution in [3.8, 4) is 46.0 Å². The third-order valence-electron chi connectivity index (χ3n) is 17.1. The zero-order valence-corrected chi connectivity index (χ0v) is 51.7. The first kappa shape index (κ1) is 59.8. The lowest BCUT2D eigenvalue weighted by Crippen LogP contribution is -2.21. The Hall–Kier alpha value is -7.84. The van der Waals surface area contributed by atoms with Gasteiger partial charge in [-0.05, 0) is 137 Å². The van der Waals surface area contributed by atoms with Crippen molar-refractivity contribution in [3.63, 3.8) is 0 Å². The Morgan fingerprint density at radius 2 is 0.398 bits per heavy atom. The molecule has 434 valence electrons. The molecule has 1 aliphatic rings. The summed E-state index contributed by atoms with van der Waals surface area (Å²) in [4.78, 5) is 0. The average Bonchev–Trinajstić information content (AvgIpc) is 2.97. The molecule has 0 heterocycles. The molecule has 0 saturated heterocycles. The molecule has 0 aromatic heterocycles. The van der Waals surface area contributed by atoms with Gasteiger partial charge in [0.05, 0.1) is 0 Å². The molecule has 0 fully saturated rings. The summed E-state index contributed by atoms with van der Waals surface area (Å²) >= 11 is 0. The summed E-state index contributed by atoms with van der Waals surface area (Å²) in [6.45, 7) is 32.9. The number of aromatic hydroxyl groups is 8. The fraction of sp³-hybridized carbons (Fsp3) is 0.360. The van der Waals surface area contributed by atoms with E-state index in [1.807, 2.05) is 146 Å². The number of hydrogen-bond donors (Lipinski definition) is 8. The van der Waals surface area contributed by atoms with Crippen molar-refractivity contribution in [2.75, 3.05) is 0 Å². The van der Waals surface area contributed by atoms with Gasteiger partial charge in [-0.1, -0.05) is 198 Å². The number of phenols is 8. The quantitative estimate of drug-likeness (QED) is 0.0744. The first-order chi connectivity index (χ1) is 38.7. The largest absolute Gasteiger partial charge is 0.507 e. The van der Waals surface area contributed by atoms with Gasteiger partial charge in [0.25, 0.3) is 0 Å². The Bertz CT molecular complexity index is 3640. The summed E-state index contributed by atoms with van der Waals surface area (Å²) in [5.41, 5.74) is 15.9. The van der Waals surface area contributed by atoms with Crippen LogP contribution < -0.4 is 0 Å². The van der Waals surface area contributed by atoms with Crippen molar-refractivity contribution in [2.45, 2.75) is 167 Å². The molecule has 8 aromatic rings. The molecule has 16 bridgehead atoms. The summed E-state index contributed by atoms with van der Waals surface area (Å²) in [6, 6.07) is 31.4. The van der Waals surface area contributed by atoms with Crippen LogP contribution in [-0.2, 0) is 43.9 Å². The number of phenolic OH excluding ortho intramolecular Hbond substituents is 8. The number of benzene rings is 8. The molecule has 8 aromatic carbocycles. The van der Waals surface area contributed by atoms with Crippen LogP contribution in [0.4, 0.5) is 0 Å². The van der Waals surface area contributed by atoms with Gasteiger partial charge < -0.3 is 40.9 Å². The summed E-state index contributed by atoms with van der Waals surface area (Å²) in [5.74, 6) is -0.419. The van der Waals surface area contributed by atoms with Gasteiger partial charge in [-0.2, -0.15) is 0 Å². The molecule has 0 saturated carbocycles. The molecule has 0 spiro atoms. The fourth-order valence-corrected chi connectivity index (χ4v) is 13.5. The van der Waals surface area contributed by atoms with Crippen LogP contribution in [0.25, 0.3) is 0 Å². The first-order valence-corrected chi connectivity index (χ1v) is 29.3. The standard InChI is InChI=1S/C75H86O8/c1-39-17-46-31-52-23-42(4)27-59(69(52)80)63(74(11,12)13)61-29-44(6)25-54(71(61)82)33-48-19-40(2)21-50(66(48)77)35-56-37-58(73(8,9)10)38-57(68(56)79)36-51-22-41(3)20-49(67(51)78)34-55-26-45(7)30-62(72(55)83)64(75(14,15)16)60-28-43(5)24-53(70(60)81)32-47(18-39)65(46)76/h17-30,37-38,63-64,76-83H,31-36H2,1-16H3. The highest BCUT2D eigenvalue weighted by Crippen LogP contribution is 2.52.